The number of hydrogen-bond acceptors (Lipinski definition) is 4. The third kappa shape index (κ3) is 4.75. The second-order valence-electron chi connectivity index (χ2n) is 6.88. The smallest absolute Gasteiger partial charge is 0.279 e. The molecule has 7 nitrogen and oxygen atoms in total. The van der Waals surface area contributed by atoms with E-state index in [0.717, 1.165) is 4.90 Å². The Morgan fingerprint density at radius 3 is 2.54 bits per heavy atom. The van der Waals surface area contributed by atoms with Crippen molar-refractivity contribution in [1.82, 2.24) is 4.90 Å². The van der Waals surface area contributed by atoms with Gasteiger partial charge in [-0.2, -0.15) is 0 Å². The highest BCUT2D eigenvalue weighted by Gasteiger charge is 2.37. The molecule has 2 saturated heterocycles. The maximum Gasteiger partial charge on any atom is 0.279 e. The van der Waals surface area contributed by atoms with Crippen LogP contribution in [0.4, 0.5) is 5.69 Å². The van der Waals surface area contributed by atoms with Gasteiger partial charge in [0.25, 0.3) is 5.91 Å². The van der Waals surface area contributed by atoms with Crippen LogP contribution in [0.1, 0.15) is 6.42 Å². The van der Waals surface area contributed by atoms with Crippen molar-refractivity contribution in [2.45, 2.75) is 6.42 Å². The lowest BCUT2D eigenvalue weighted by Gasteiger charge is -2.33. The number of carbonyl (C=O) groups is 2. The minimum atomic E-state index is -3.06. The van der Waals surface area contributed by atoms with Gasteiger partial charge < -0.3 is 15.1 Å². The van der Waals surface area contributed by atoms with Gasteiger partial charge in [0.1, 0.15) is 0 Å². The third-order valence-corrected chi connectivity index (χ3v) is 7.02. The van der Waals surface area contributed by atoms with E-state index in [9.17, 15) is 18.0 Å². The summed E-state index contributed by atoms with van der Waals surface area (Å²) in [5, 5.41) is 3.30. The van der Waals surface area contributed by atoms with Gasteiger partial charge in [0.05, 0.1) is 54.3 Å². The molecule has 1 aromatic carbocycles. The van der Waals surface area contributed by atoms with E-state index in [-0.39, 0.29) is 23.3 Å². The highest BCUT2D eigenvalue weighted by atomic mass is 35.5. The predicted octanol–water partition coefficient (Wildman–Crippen LogP) is -0.560. The minimum absolute atomic E-state index is 0.0286. The van der Waals surface area contributed by atoms with Gasteiger partial charge in [-0.25, -0.2) is 8.42 Å². The SMILES string of the molecule is O=C(C[NH+]1CCN(C(=O)[C@@H]2CCS(=O)(=O)C2)CC1)Nc1ccccc1Cl. The zero-order valence-electron chi connectivity index (χ0n) is 14.4. The molecular formula is C17H23ClN3O4S+. The number of amides is 2. The van der Waals surface area contributed by atoms with Gasteiger partial charge in [-0.05, 0) is 18.6 Å². The molecule has 2 amide bonds. The van der Waals surface area contributed by atoms with E-state index < -0.39 is 15.8 Å². The van der Waals surface area contributed by atoms with Crippen molar-refractivity contribution in [3.63, 3.8) is 0 Å². The standard InChI is InChI=1S/C17H22ClN3O4S/c18-14-3-1-2-4-15(14)19-16(22)11-20-6-8-21(9-7-20)17(23)13-5-10-26(24,25)12-13/h1-4,13H,5-12H2,(H,19,22)/p+1/t13-/m1/s1. The van der Waals surface area contributed by atoms with Crippen molar-refractivity contribution in [1.29, 1.82) is 0 Å². The van der Waals surface area contributed by atoms with Gasteiger partial charge in [-0.3, -0.25) is 9.59 Å². The summed E-state index contributed by atoms with van der Waals surface area (Å²) in [7, 11) is -3.06. The first-order valence-corrected chi connectivity index (χ1v) is 10.9. The normalized spacial score (nSPS) is 23.0. The predicted molar refractivity (Wildman–Crippen MR) is 99.0 cm³/mol. The first-order valence-electron chi connectivity index (χ1n) is 8.71. The summed E-state index contributed by atoms with van der Waals surface area (Å²) in [4.78, 5) is 27.5. The van der Waals surface area contributed by atoms with Crippen LogP contribution in [-0.2, 0) is 19.4 Å². The Labute approximate surface area is 158 Å². The number of sulfone groups is 1. The molecule has 2 N–H and O–H groups in total. The average molecular weight is 401 g/mol. The Morgan fingerprint density at radius 2 is 1.92 bits per heavy atom. The Bertz CT molecular complexity index is 791. The lowest BCUT2D eigenvalue weighted by atomic mass is 10.1. The first-order chi connectivity index (χ1) is 12.3. The molecular weight excluding hydrogens is 378 g/mol. The fraction of sp³-hybridized carbons (Fsp3) is 0.529. The van der Waals surface area contributed by atoms with Crippen LogP contribution >= 0.6 is 11.6 Å². The quantitative estimate of drug-likeness (QED) is 0.709. The molecule has 0 radical (unpaired) electrons. The number of benzene rings is 1. The summed E-state index contributed by atoms with van der Waals surface area (Å²) >= 11 is 6.04. The Balaban J connectivity index is 1.46. The number of halogens is 1. The number of hydrogen-bond donors (Lipinski definition) is 2. The zero-order valence-corrected chi connectivity index (χ0v) is 16.0. The van der Waals surface area contributed by atoms with Gasteiger partial charge >= 0.3 is 0 Å². The highest BCUT2D eigenvalue weighted by Crippen LogP contribution is 2.21. The van der Waals surface area contributed by atoms with E-state index >= 15 is 0 Å². The largest absolute Gasteiger partial charge is 0.331 e. The van der Waals surface area contributed by atoms with Crippen LogP contribution in [0, 0.1) is 5.92 Å². The summed E-state index contributed by atoms with van der Waals surface area (Å²) in [6.45, 7) is 2.74. The van der Waals surface area contributed by atoms with E-state index in [1.54, 1.807) is 23.1 Å². The number of para-hydroxylation sites is 1. The van der Waals surface area contributed by atoms with E-state index in [2.05, 4.69) is 5.32 Å². The fourth-order valence-corrected chi connectivity index (χ4v) is 5.37. The average Bonchev–Trinajstić information content (AvgIpc) is 2.97. The van der Waals surface area contributed by atoms with Crippen molar-refractivity contribution in [2.75, 3.05) is 49.5 Å². The van der Waals surface area contributed by atoms with Crippen molar-refractivity contribution in [3.05, 3.63) is 29.3 Å². The maximum absolute atomic E-state index is 12.5. The van der Waals surface area contributed by atoms with Crippen LogP contribution in [0.3, 0.4) is 0 Å². The minimum Gasteiger partial charge on any atom is -0.331 e. The van der Waals surface area contributed by atoms with E-state index in [4.69, 9.17) is 11.6 Å². The van der Waals surface area contributed by atoms with Crippen molar-refractivity contribution in [3.8, 4) is 0 Å². The molecule has 9 heteroatoms. The number of rotatable bonds is 4. The van der Waals surface area contributed by atoms with Crippen LogP contribution < -0.4 is 10.2 Å². The summed E-state index contributed by atoms with van der Waals surface area (Å²) in [6, 6.07) is 7.08. The monoisotopic (exact) mass is 400 g/mol. The van der Waals surface area contributed by atoms with Crippen LogP contribution in [0.2, 0.25) is 5.02 Å². The number of anilines is 1. The van der Waals surface area contributed by atoms with E-state index in [1.807, 2.05) is 6.07 Å². The van der Waals surface area contributed by atoms with Gasteiger partial charge in [0.2, 0.25) is 5.91 Å². The Morgan fingerprint density at radius 1 is 1.23 bits per heavy atom. The molecule has 0 spiro atoms. The van der Waals surface area contributed by atoms with Crippen molar-refractivity contribution >= 4 is 38.9 Å². The van der Waals surface area contributed by atoms with Gasteiger partial charge in [0.15, 0.2) is 16.4 Å². The van der Waals surface area contributed by atoms with Crippen molar-refractivity contribution < 1.29 is 22.9 Å². The molecule has 0 aromatic heterocycles. The summed E-state index contributed by atoms with van der Waals surface area (Å²) in [5.41, 5.74) is 0.592. The Hall–Kier alpha value is -1.64. The highest BCUT2D eigenvalue weighted by molar-refractivity contribution is 7.91. The summed E-state index contributed by atoms with van der Waals surface area (Å²) in [6.07, 6.45) is 0.425. The number of nitrogens with one attached hydrogen (secondary N) is 2. The number of carbonyl (C=O) groups excluding carboxylic acids is 2. The molecule has 2 aliphatic rings. The Kier molecular flexibility index (Phi) is 5.84. The molecule has 2 heterocycles. The van der Waals surface area contributed by atoms with Crippen LogP contribution in [0.15, 0.2) is 24.3 Å². The molecule has 3 rings (SSSR count). The van der Waals surface area contributed by atoms with Gasteiger partial charge in [-0.15, -0.1) is 0 Å². The van der Waals surface area contributed by atoms with Crippen LogP contribution in [0.5, 0.6) is 0 Å². The lowest BCUT2D eigenvalue weighted by molar-refractivity contribution is -0.895. The molecule has 2 aliphatic heterocycles. The molecule has 1 aromatic rings. The molecule has 26 heavy (non-hydrogen) atoms. The molecule has 1 atom stereocenters. The molecule has 0 aliphatic carbocycles. The van der Waals surface area contributed by atoms with E-state index in [0.29, 0.717) is 49.9 Å². The zero-order chi connectivity index (χ0) is 18.7. The summed E-state index contributed by atoms with van der Waals surface area (Å²) in [5.74, 6) is -0.499. The third-order valence-electron chi connectivity index (χ3n) is 4.92. The molecule has 0 unspecified atom stereocenters. The first kappa shape index (κ1) is 19.1. The topological polar surface area (TPSA) is 88.0 Å². The molecule has 142 valence electrons. The second kappa shape index (κ2) is 7.94. The van der Waals surface area contributed by atoms with Gasteiger partial charge in [0, 0.05) is 0 Å². The maximum atomic E-state index is 12.5. The molecule has 2 fully saturated rings. The molecule has 0 bridgehead atoms. The molecule has 0 saturated carbocycles. The second-order valence-corrected chi connectivity index (χ2v) is 9.52. The van der Waals surface area contributed by atoms with Crippen molar-refractivity contribution in [2.24, 2.45) is 5.92 Å². The van der Waals surface area contributed by atoms with Crippen LogP contribution in [0.25, 0.3) is 0 Å². The van der Waals surface area contributed by atoms with E-state index in [1.165, 1.54) is 0 Å². The van der Waals surface area contributed by atoms with Gasteiger partial charge in [-0.1, -0.05) is 23.7 Å². The lowest BCUT2D eigenvalue weighted by Crippen LogP contribution is -3.15. The van der Waals surface area contributed by atoms with Crippen LogP contribution in [-0.4, -0.2) is 69.4 Å². The number of piperazine rings is 1. The number of nitrogens with zero attached hydrogens (tertiary/aromatic N) is 1. The summed E-state index contributed by atoms with van der Waals surface area (Å²) < 4.78 is 23.1. The fourth-order valence-electron chi connectivity index (χ4n) is 3.45. The number of quaternary nitrogens is 1.